The van der Waals surface area contributed by atoms with E-state index in [4.69, 9.17) is 0 Å². The molecule has 1 heterocycles. The molecule has 18 heavy (non-hydrogen) atoms. The summed E-state index contributed by atoms with van der Waals surface area (Å²) in [6.45, 7) is 5.78. The summed E-state index contributed by atoms with van der Waals surface area (Å²) in [5, 5.41) is 2.79. The fraction of sp³-hybridized carbons (Fsp3) is 0.583. The van der Waals surface area contributed by atoms with Crippen LogP contribution in [0.1, 0.15) is 33.6 Å². The number of sulfonamides is 1. The number of anilines is 1. The van der Waals surface area contributed by atoms with Crippen LogP contribution in [0.4, 0.5) is 5.82 Å². The third-order valence-electron chi connectivity index (χ3n) is 2.58. The van der Waals surface area contributed by atoms with Gasteiger partial charge in [-0.1, -0.05) is 13.3 Å². The molecule has 5 nitrogen and oxygen atoms in total. The van der Waals surface area contributed by atoms with Crippen molar-refractivity contribution in [2.75, 3.05) is 12.4 Å². The van der Waals surface area contributed by atoms with Gasteiger partial charge in [-0.15, -0.1) is 0 Å². The zero-order chi connectivity index (χ0) is 13.8. The van der Waals surface area contributed by atoms with E-state index in [1.165, 1.54) is 0 Å². The van der Waals surface area contributed by atoms with Crippen LogP contribution < -0.4 is 10.0 Å². The average Bonchev–Trinajstić information content (AvgIpc) is 2.27. The first kappa shape index (κ1) is 14.9. The van der Waals surface area contributed by atoms with Crippen molar-refractivity contribution in [3.63, 3.8) is 0 Å². The second kappa shape index (κ2) is 5.67. The van der Waals surface area contributed by atoms with Gasteiger partial charge in [0.15, 0.2) is 0 Å². The average molecular weight is 271 g/mol. The van der Waals surface area contributed by atoms with Crippen molar-refractivity contribution < 1.29 is 8.42 Å². The van der Waals surface area contributed by atoms with Gasteiger partial charge in [0.25, 0.3) is 0 Å². The Morgan fingerprint density at radius 3 is 2.61 bits per heavy atom. The highest BCUT2D eigenvalue weighted by molar-refractivity contribution is 7.89. The van der Waals surface area contributed by atoms with E-state index in [0.29, 0.717) is 5.82 Å². The lowest BCUT2D eigenvalue weighted by molar-refractivity contribution is 0.418. The molecule has 0 radical (unpaired) electrons. The molecule has 0 fully saturated rings. The smallest absolute Gasteiger partial charge is 0.244 e. The van der Waals surface area contributed by atoms with Gasteiger partial charge in [-0.2, -0.15) is 0 Å². The van der Waals surface area contributed by atoms with Crippen LogP contribution in [0.5, 0.6) is 0 Å². The third-order valence-corrected chi connectivity index (χ3v) is 4.31. The molecule has 102 valence electrons. The molecule has 1 rings (SSSR count). The van der Waals surface area contributed by atoms with Crippen molar-refractivity contribution in [3.05, 3.63) is 18.3 Å². The van der Waals surface area contributed by atoms with Gasteiger partial charge in [-0.25, -0.2) is 18.1 Å². The molecule has 0 aromatic carbocycles. The molecule has 0 bridgehead atoms. The lowest BCUT2D eigenvalue weighted by Gasteiger charge is -2.25. The van der Waals surface area contributed by atoms with Gasteiger partial charge in [0.05, 0.1) is 0 Å². The third kappa shape index (κ3) is 3.68. The quantitative estimate of drug-likeness (QED) is 0.830. The molecule has 0 saturated carbocycles. The molecule has 6 heteroatoms. The second-order valence-corrected chi connectivity index (χ2v) is 6.49. The predicted molar refractivity (Wildman–Crippen MR) is 73.1 cm³/mol. The normalized spacial score (nSPS) is 12.4. The van der Waals surface area contributed by atoms with E-state index in [0.717, 1.165) is 12.8 Å². The molecule has 0 aliphatic rings. The Morgan fingerprint density at radius 2 is 2.06 bits per heavy atom. The maximum absolute atomic E-state index is 12.3. The van der Waals surface area contributed by atoms with Crippen LogP contribution in [-0.2, 0) is 10.0 Å². The van der Waals surface area contributed by atoms with Crippen molar-refractivity contribution in [2.24, 2.45) is 0 Å². The zero-order valence-electron chi connectivity index (χ0n) is 11.3. The van der Waals surface area contributed by atoms with Crippen LogP contribution in [0, 0.1) is 0 Å². The summed E-state index contributed by atoms with van der Waals surface area (Å²) in [4.78, 5) is 4.19. The zero-order valence-corrected chi connectivity index (χ0v) is 12.1. The van der Waals surface area contributed by atoms with Crippen LogP contribution in [0.15, 0.2) is 23.2 Å². The molecule has 2 N–H and O–H groups in total. The molecule has 0 aliphatic heterocycles. The van der Waals surface area contributed by atoms with Crippen molar-refractivity contribution in [2.45, 2.75) is 44.0 Å². The molecular weight excluding hydrogens is 250 g/mol. The van der Waals surface area contributed by atoms with Crippen LogP contribution in [0.3, 0.4) is 0 Å². The minimum absolute atomic E-state index is 0.177. The molecule has 1 aromatic rings. The van der Waals surface area contributed by atoms with Crippen molar-refractivity contribution in [1.29, 1.82) is 0 Å². The lowest BCUT2D eigenvalue weighted by atomic mass is 10.0. The Bertz CT molecular complexity index is 498. The summed E-state index contributed by atoms with van der Waals surface area (Å²) in [6, 6.07) is 3.16. The van der Waals surface area contributed by atoms with E-state index >= 15 is 0 Å². The summed E-state index contributed by atoms with van der Waals surface area (Å²) in [7, 11) is -1.91. The predicted octanol–water partition coefficient (Wildman–Crippen LogP) is 1.98. The Labute approximate surface area is 109 Å². The summed E-state index contributed by atoms with van der Waals surface area (Å²) in [6.07, 6.45) is 3.25. The van der Waals surface area contributed by atoms with Gasteiger partial charge in [0.1, 0.15) is 10.7 Å². The van der Waals surface area contributed by atoms with Gasteiger partial charge in [-0.3, -0.25) is 0 Å². The number of nitrogens with one attached hydrogen (secondary N) is 2. The fourth-order valence-electron chi connectivity index (χ4n) is 1.89. The Morgan fingerprint density at radius 1 is 1.39 bits per heavy atom. The second-order valence-electron chi connectivity index (χ2n) is 4.84. The highest BCUT2D eigenvalue weighted by Crippen LogP contribution is 2.21. The summed E-state index contributed by atoms with van der Waals surface area (Å²) in [5.74, 6) is 0.359. The van der Waals surface area contributed by atoms with E-state index < -0.39 is 15.6 Å². The maximum atomic E-state index is 12.3. The number of pyridine rings is 1. The highest BCUT2D eigenvalue weighted by Gasteiger charge is 2.27. The molecule has 0 unspecified atom stereocenters. The topological polar surface area (TPSA) is 71.1 Å². The number of aromatic nitrogens is 1. The molecule has 0 saturated heterocycles. The Balaban J connectivity index is 3.07. The van der Waals surface area contributed by atoms with Crippen LogP contribution >= 0.6 is 0 Å². The van der Waals surface area contributed by atoms with E-state index in [2.05, 4.69) is 15.0 Å². The van der Waals surface area contributed by atoms with E-state index in [1.807, 2.05) is 20.8 Å². The number of rotatable bonds is 6. The first-order valence-electron chi connectivity index (χ1n) is 5.99. The molecule has 0 atom stereocenters. The van der Waals surface area contributed by atoms with Crippen molar-refractivity contribution in [1.82, 2.24) is 9.71 Å². The van der Waals surface area contributed by atoms with Crippen LogP contribution in [0.2, 0.25) is 0 Å². The Hall–Kier alpha value is -1.14. The molecule has 0 aliphatic carbocycles. The van der Waals surface area contributed by atoms with Gasteiger partial charge in [-0.05, 0) is 32.4 Å². The fourth-order valence-corrected chi connectivity index (χ4v) is 3.50. The van der Waals surface area contributed by atoms with Crippen molar-refractivity contribution >= 4 is 15.8 Å². The van der Waals surface area contributed by atoms with Gasteiger partial charge in [0.2, 0.25) is 10.0 Å². The molecule has 0 amide bonds. The standard InChI is InChI=1S/C12H21N3O2S/c1-5-8-12(2,3)15-18(16,17)10-7-6-9-14-11(10)13-4/h6-7,9,15H,5,8H2,1-4H3,(H,13,14). The van der Waals surface area contributed by atoms with Gasteiger partial charge >= 0.3 is 0 Å². The molecule has 1 aromatic heterocycles. The van der Waals surface area contributed by atoms with E-state index in [1.54, 1.807) is 25.4 Å². The molecular formula is C12H21N3O2S. The first-order chi connectivity index (χ1) is 8.32. The largest absolute Gasteiger partial charge is 0.372 e. The van der Waals surface area contributed by atoms with E-state index in [-0.39, 0.29) is 4.90 Å². The highest BCUT2D eigenvalue weighted by atomic mass is 32.2. The number of hydrogen-bond donors (Lipinski definition) is 2. The minimum atomic E-state index is -3.56. The van der Waals surface area contributed by atoms with Gasteiger partial charge in [0, 0.05) is 18.8 Å². The first-order valence-corrected chi connectivity index (χ1v) is 7.47. The van der Waals surface area contributed by atoms with Crippen molar-refractivity contribution in [3.8, 4) is 0 Å². The summed E-state index contributed by atoms with van der Waals surface area (Å²) in [5.41, 5.74) is -0.464. The minimum Gasteiger partial charge on any atom is -0.372 e. The summed E-state index contributed by atoms with van der Waals surface area (Å²) >= 11 is 0. The van der Waals surface area contributed by atoms with Gasteiger partial charge < -0.3 is 5.32 Å². The summed E-state index contributed by atoms with van der Waals surface area (Å²) < 4.78 is 27.3. The maximum Gasteiger partial charge on any atom is 0.244 e. The lowest BCUT2D eigenvalue weighted by Crippen LogP contribution is -2.43. The van der Waals surface area contributed by atoms with Crippen LogP contribution in [0.25, 0.3) is 0 Å². The van der Waals surface area contributed by atoms with Crippen LogP contribution in [-0.4, -0.2) is 26.0 Å². The molecule has 0 spiro atoms. The SMILES string of the molecule is CCCC(C)(C)NS(=O)(=O)c1cccnc1NC. The monoisotopic (exact) mass is 271 g/mol. The number of nitrogens with zero attached hydrogens (tertiary/aromatic N) is 1. The van der Waals surface area contributed by atoms with E-state index in [9.17, 15) is 8.42 Å². The Kier molecular flexibility index (Phi) is 4.70. The number of hydrogen-bond acceptors (Lipinski definition) is 4.